The Morgan fingerprint density at radius 1 is 0.738 bits per heavy atom. The number of hydrogen-bond acceptors (Lipinski definition) is 10. The number of amides is 2. The normalized spacial score (nSPS) is 15.4. The number of Topliss-reactive ketones (excluding diaryl/α,β-unsaturated/α-hetero) is 5. The molecule has 0 spiro atoms. The van der Waals surface area contributed by atoms with Crippen molar-refractivity contribution < 1.29 is 38.7 Å². The van der Waals surface area contributed by atoms with Gasteiger partial charge in [-0.2, -0.15) is 0 Å². The highest BCUT2D eigenvalue weighted by atomic mass is 16.3. The van der Waals surface area contributed by atoms with Crippen LogP contribution < -0.4 is 22.1 Å². The van der Waals surface area contributed by atoms with Crippen molar-refractivity contribution in [2.45, 2.75) is 117 Å². The first-order valence-electron chi connectivity index (χ1n) is 15.0. The van der Waals surface area contributed by atoms with Gasteiger partial charge in [0.25, 0.3) is 0 Å². The fraction of sp³-hybridized carbons (Fsp3) is 0.767. The molecule has 42 heavy (non-hydrogen) atoms. The Kier molecular flexibility index (Phi) is 19.5. The smallest absolute Gasteiger partial charge is 0.224 e. The maximum Gasteiger partial charge on any atom is 0.224 e. The molecule has 0 aromatic heterocycles. The van der Waals surface area contributed by atoms with Crippen molar-refractivity contribution in [2.75, 3.05) is 13.1 Å². The number of nitrogens with one attached hydrogen (secondary N) is 2. The molecule has 0 fully saturated rings. The summed E-state index contributed by atoms with van der Waals surface area (Å²) in [5.74, 6) is -6.00. The van der Waals surface area contributed by atoms with E-state index in [1.807, 2.05) is 6.92 Å². The van der Waals surface area contributed by atoms with Crippen molar-refractivity contribution in [3.05, 3.63) is 0 Å². The summed E-state index contributed by atoms with van der Waals surface area (Å²) in [4.78, 5) is 87.5. The molecule has 240 valence electrons. The second-order valence-corrected chi connectivity index (χ2v) is 11.3. The molecule has 6 atom stereocenters. The first-order valence-corrected chi connectivity index (χ1v) is 15.0. The van der Waals surface area contributed by atoms with E-state index in [0.717, 1.165) is 19.8 Å². The van der Waals surface area contributed by atoms with E-state index in [1.165, 1.54) is 20.8 Å². The lowest BCUT2D eigenvalue weighted by molar-refractivity contribution is -0.139. The summed E-state index contributed by atoms with van der Waals surface area (Å²) >= 11 is 0. The first kappa shape index (κ1) is 39.2. The highest BCUT2D eigenvalue weighted by molar-refractivity contribution is 6.37. The first-order chi connectivity index (χ1) is 19.7. The predicted molar refractivity (Wildman–Crippen MR) is 158 cm³/mol. The number of nitrogens with two attached hydrogens (primary N) is 2. The van der Waals surface area contributed by atoms with Crippen molar-refractivity contribution in [1.82, 2.24) is 10.6 Å². The molecule has 0 radical (unpaired) electrons. The Balaban J connectivity index is 5.42. The lowest BCUT2D eigenvalue weighted by atomic mass is 9.91. The topological polar surface area (TPSA) is 216 Å². The van der Waals surface area contributed by atoms with Crippen molar-refractivity contribution in [1.29, 1.82) is 0 Å². The van der Waals surface area contributed by atoms with Crippen LogP contribution in [0.25, 0.3) is 0 Å². The SMILES string of the molecule is CCCCC(=O)C[C@@H](CCCCN)C(=O)N[C@H](C(=O)C[C@@H](C)C(=O)N[C@@H](CCN)C(=O)C[C@@H](C)C(=O)C(C)=O)[C@@H](C)O. The van der Waals surface area contributed by atoms with E-state index in [-0.39, 0.29) is 38.0 Å². The molecule has 0 aromatic rings. The summed E-state index contributed by atoms with van der Waals surface area (Å²) < 4.78 is 0. The molecule has 2 amide bonds. The van der Waals surface area contributed by atoms with Gasteiger partial charge < -0.3 is 27.2 Å². The number of hydrogen-bond donors (Lipinski definition) is 5. The Morgan fingerprint density at radius 2 is 1.36 bits per heavy atom. The highest BCUT2D eigenvalue weighted by Gasteiger charge is 2.33. The van der Waals surface area contributed by atoms with Gasteiger partial charge in [0.15, 0.2) is 17.3 Å². The van der Waals surface area contributed by atoms with E-state index in [2.05, 4.69) is 10.6 Å². The molecule has 0 saturated heterocycles. The number of rotatable bonds is 24. The Bertz CT molecular complexity index is 936. The van der Waals surface area contributed by atoms with Gasteiger partial charge in [0.05, 0.1) is 12.1 Å². The van der Waals surface area contributed by atoms with Crippen molar-refractivity contribution in [3.63, 3.8) is 0 Å². The van der Waals surface area contributed by atoms with E-state index in [0.29, 0.717) is 32.2 Å². The van der Waals surface area contributed by atoms with Crippen LogP contribution in [0.4, 0.5) is 0 Å². The summed E-state index contributed by atoms with van der Waals surface area (Å²) in [6.07, 6.45) is 1.93. The van der Waals surface area contributed by atoms with Crippen LogP contribution in [0.15, 0.2) is 0 Å². The molecule has 0 unspecified atom stereocenters. The number of carbonyl (C=O) groups excluding carboxylic acids is 7. The van der Waals surface area contributed by atoms with Crippen molar-refractivity contribution >= 4 is 40.7 Å². The van der Waals surface area contributed by atoms with Crippen LogP contribution in [0.5, 0.6) is 0 Å². The summed E-state index contributed by atoms with van der Waals surface area (Å²) in [6.45, 7) is 7.89. The van der Waals surface area contributed by atoms with Gasteiger partial charge in [-0.05, 0) is 45.7 Å². The van der Waals surface area contributed by atoms with Gasteiger partial charge in [0.1, 0.15) is 11.8 Å². The Morgan fingerprint density at radius 3 is 1.88 bits per heavy atom. The van der Waals surface area contributed by atoms with Gasteiger partial charge in [-0.3, -0.25) is 33.6 Å². The standard InChI is InChI=1S/C30H52N4O8/c1-6-7-11-23(37)17-22(10-8-9-13-31)30(42)34-27(20(4)35)26(39)16-19(3)29(41)33-24(12-14-32)25(38)15-18(2)28(40)21(5)36/h18-20,22,24,27,35H,6-17,31-32H2,1-5H3,(H,33,41)(H,34,42)/t18-,19-,20-,22-,24+,27+/m1/s1. The molecule has 12 heteroatoms. The van der Waals surface area contributed by atoms with E-state index >= 15 is 0 Å². The molecule has 0 aliphatic heterocycles. The van der Waals surface area contributed by atoms with E-state index in [4.69, 9.17) is 11.5 Å². The molecular formula is C30H52N4O8. The third kappa shape index (κ3) is 14.9. The third-order valence-corrected chi connectivity index (χ3v) is 7.21. The molecular weight excluding hydrogens is 544 g/mol. The van der Waals surface area contributed by atoms with Crippen LogP contribution in [0.3, 0.4) is 0 Å². The Labute approximate surface area is 249 Å². The summed E-state index contributed by atoms with van der Waals surface area (Å²) in [5, 5.41) is 15.5. The van der Waals surface area contributed by atoms with E-state index in [1.54, 1.807) is 0 Å². The summed E-state index contributed by atoms with van der Waals surface area (Å²) in [5.41, 5.74) is 11.2. The average Bonchev–Trinajstić information content (AvgIpc) is 2.92. The van der Waals surface area contributed by atoms with Crippen LogP contribution in [-0.4, -0.2) is 77.1 Å². The zero-order valence-electron chi connectivity index (χ0n) is 25.9. The maximum atomic E-state index is 13.1. The minimum atomic E-state index is -1.30. The molecule has 0 heterocycles. The van der Waals surface area contributed by atoms with E-state index < -0.39 is 70.9 Å². The molecule has 12 nitrogen and oxygen atoms in total. The molecule has 0 aromatic carbocycles. The monoisotopic (exact) mass is 596 g/mol. The van der Waals surface area contributed by atoms with Gasteiger partial charge in [-0.1, -0.05) is 33.6 Å². The van der Waals surface area contributed by atoms with Crippen molar-refractivity contribution in [3.8, 4) is 0 Å². The zero-order valence-corrected chi connectivity index (χ0v) is 25.9. The Hall–Kier alpha value is -2.83. The molecule has 0 aliphatic carbocycles. The fourth-order valence-corrected chi connectivity index (χ4v) is 4.55. The molecule has 0 bridgehead atoms. The van der Waals surface area contributed by atoms with Gasteiger partial charge >= 0.3 is 0 Å². The summed E-state index contributed by atoms with van der Waals surface area (Å²) in [7, 11) is 0. The number of unbranched alkanes of at least 4 members (excludes halogenated alkanes) is 2. The van der Waals surface area contributed by atoms with Gasteiger partial charge in [-0.15, -0.1) is 0 Å². The van der Waals surface area contributed by atoms with E-state index in [9.17, 15) is 38.7 Å². The van der Waals surface area contributed by atoms with Crippen molar-refractivity contribution in [2.24, 2.45) is 29.2 Å². The molecule has 0 aliphatic rings. The summed E-state index contributed by atoms with van der Waals surface area (Å²) in [6, 6.07) is -2.30. The number of ketones is 5. The lowest BCUT2D eigenvalue weighted by Crippen LogP contribution is -2.51. The van der Waals surface area contributed by atoms with Gasteiger partial charge in [0, 0.05) is 50.4 Å². The predicted octanol–water partition coefficient (Wildman–Crippen LogP) is 0.929. The van der Waals surface area contributed by atoms with Crippen LogP contribution in [-0.2, 0) is 33.6 Å². The minimum absolute atomic E-state index is 0.0309. The van der Waals surface area contributed by atoms with Gasteiger partial charge in [-0.25, -0.2) is 0 Å². The zero-order chi connectivity index (χ0) is 32.4. The second-order valence-electron chi connectivity index (χ2n) is 11.3. The third-order valence-electron chi connectivity index (χ3n) is 7.21. The lowest BCUT2D eigenvalue weighted by Gasteiger charge is -2.25. The largest absolute Gasteiger partial charge is 0.391 e. The van der Waals surface area contributed by atoms with Crippen LogP contribution in [0, 0.1) is 17.8 Å². The second kappa shape index (κ2) is 21.0. The number of aliphatic hydroxyl groups excluding tert-OH is 1. The minimum Gasteiger partial charge on any atom is -0.391 e. The molecule has 0 rings (SSSR count). The fourth-order valence-electron chi connectivity index (χ4n) is 4.55. The molecule has 7 N–H and O–H groups in total. The maximum absolute atomic E-state index is 13.1. The van der Waals surface area contributed by atoms with Crippen LogP contribution in [0.1, 0.15) is 98.8 Å². The highest BCUT2D eigenvalue weighted by Crippen LogP contribution is 2.18. The number of aliphatic hydroxyl groups is 1. The average molecular weight is 597 g/mol. The van der Waals surface area contributed by atoms with Crippen LogP contribution in [0.2, 0.25) is 0 Å². The van der Waals surface area contributed by atoms with Gasteiger partial charge in [0.2, 0.25) is 17.6 Å². The quantitative estimate of drug-likeness (QED) is 0.0784. The van der Waals surface area contributed by atoms with Crippen LogP contribution >= 0.6 is 0 Å². The molecule has 0 saturated carbocycles. The number of carbonyl (C=O) groups is 7.